The average Bonchev–Trinajstić information content (AvgIpc) is 1.69. The molecule has 0 spiro atoms. The van der Waals surface area contributed by atoms with Gasteiger partial charge in [0.2, 0.25) is 0 Å². The van der Waals surface area contributed by atoms with E-state index in [9.17, 15) is 4.21 Å². The number of nitriles is 1. The highest BCUT2D eigenvalue weighted by Gasteiger charge is 1.95. The van der Waals surface area contributed by atoms with Crippen LogP contribution in [0.4, 0.5) is 0 Å². The summed E-state index contributed by atoms with van der Waals surface area (Å²) in [6, 6.07) is 1.69. The normalized spacial score (nSPS) is 14.9. The molecule has 0 aliphatic carbocycles. The molecule has 0 aromatic rings. The molecule has 44 valence electrons. The van der Waals surface area contributed by atoms with E-state index in [4.69, 9.17) is 10.4 Å². The predicted octanol–water partition coefficient (Wildman–Crippen LogP) is 0.0362. The van der Waals surface area contributed by atoms with E-state index < -0.39 is 11.0 Å². The summed E-state index contributed by atoms with van der Waals surface area (Å²) in [4.78, 5) is 0.116. The van der Waals surface area contributed by atoms with Gasteiger partial charge in [0.15, 0.2) is 0 Å². The topological polar surface area (TPSA) is 66.9 Å². The lowest BCUT2D eigenvalue weighted by atomic mass is 10.6. The Morgan fingerprint density at radius 1 is 2.00 bits per heavy atom. The van der Waals surface area contributed by atoms with Gasteiger partial charge in [-0.15, -0.1) is 0 Å². The van der Waals surface area contributed by atoms with Crippen LogP contribution in [-0.4, -0.2) is 4.21 Å². The van der Waals surface area contributed by atoms with Gasteiger partial charge in [-0.25, -0.2) is 9.35 Å². The van der Waals surface area contributed by atoms with Crippen LogP contribution in [0.3, 0.4) is 0 Å². The molecule has 0 aromatic heterocycles. The monoisotopic (exact) mass is 130 g/mol. The van der Waals surface area contributed by atoms with Crippen molar-refractivity contribution < 1.29 is 4.21 Å². The van der Waals surface area contributed by atoms with Crippen molar-refractivity contribution in [3.05, 3.63) is 11.0 Å². The van der Waals surface area contributed by atoms with Crippen LogP contribution in [0.2, 0.25) is 0 Å². The number of allylic oxidation sites excluding steroid dienone is 2. The van der Waals surface area contributed by atoms with Crippen LogP contribution in [0.15, 0.2) is 11.0 Å². The summed E-state index contributed by atoms with van der Waals surface area (Å²) in [5.74, 6) is 0. The molecule has 0 aliphatic rings. The number of hydrogen-bond donors (Lipinski definition) is 1. The highest BCUT2D eigenvalue weighted by molar-refractivity contribution is 7.87. The summed E-state index contributed by atoms with van der Waals surface area (Å²) in [6.45, 7) is 1.61. The zero-order chi connectivity index (χ0) is 6.57. The van der Waals surface area contributed by atoms with Gasteiger partial charge in [0.1, 0.15) is 22.0 Å². The quantitative estimate of drug-likeness (QED) is 0.509. The molecular weight excluding hydrogens is 124 g/mol. The molecule has 3 nitrogen and oxygen atoms in total. The maximum Gasteiger partial charge on any atom is 0.132 e. The van der Waals surface area contributed by atoms with Gasteiger partial charge in [-0.1, -0.05) is 6.08 Å². The van der Waals surface area contributed by atoms with Crippen molar-refractivity contribution in [3.8, 4) is 6.07 Å². The van der Waals surface area contributed by atoms with Crippen LogP contribution < -0.4 is 5.14 Å². The van der Waals surface area contributed by atoms with E-state index in [0.717, 1.165) is 0 Å². The van der Waals surface area contributed by atoms with E-state index in [-0.39, 0.29) is 4.91 Å². The summed E-state index contributed by atoms with van der Waals surface area (Å²) >= 11 is 0. The van der Waals surface area contributed by atoms with Crippen molar-refractivity contribution in [3.63, 3.8) is 0 Å². The average molecular weight is 130 g/mol. The SMILES string of the molecule is C/C=C(\C#N)S(N)=O. The van der Waals surface area contributed by atoms with Crippen LogP contribution >= 0.6 is 0 Å². The van der Waals surface area contributed by atoms with Gasteiger partial charge in [-0.3, -0.25) is 0 Å². The van der Waals surface area contributed by atoms with Gasteiger partial charge >= 0.3 is 0 Å². The fourth-order valence-electron chi connectivity index (χ4n) is 0.226. The van der Waals surface area contributed by atoms with Crippen LogP contribution in [0.25, 0.3) is 0 Å². The molecular formula is C4H6N2OS. The van der Waals surface area contributed by atoms with Gasteiger partial charge in [-0.2, -0.15) is 5.26 Å². The fourth-order valence-corrected chi connectivity index (χ4v) is 0.548. The van der Waals surface area contributed by atoms with Crippen LogP contribution in [0.1, 0.15) is 6.92 Å². The van der Waals surface area contributed by atoms with Crippen molar-refractivity contribution in [2.24, 2.45) is 5.14 Å². The van der Waals surface area contributed by atoms with Gasteiger partial charge in [0.25, 0.3) is 0 Å². The summed E-state index contributed by atoms with van der Waals surface area (Å²) in [5.41, 5.74) is 0. The lowest BCUT2D eigenvalue weighted by Gasteiger charge is -1.83. The molecule has 8 heavy (non-hydrogen) atoms. The summed E-state index contributed by atoms with van der Waals surface area (Å²) < 4.78 is 10.2. The first-order chi connectivity index (χ1) is 3.72. The zero-order valence-corrected chi connectivity index (χ0v) is 5.23. The fraction of sp³-hybridized carbons (Fsp3) is 0.250. The minimum absolute atomic E-state index is 0.116. The molecule has 2 N–H and O–H groups in total. The van der Waals surface area contributed by atoms with E-state index in [1.165, 1.54) is 6.08 Å². The molecule has 0 aliphatic heterocycles. The van der Waals surface area contributed by atoms with Gasteiger partial charge in [0, 0.05) is 0 Å². The zero-order valence-electron chi connectivity index (χ0n) is 4.42. The summed E-state index contributed by atoms with van der Waals surface area (Å²) in [5, 5.41) is 12.9. The van der Waals surface area contributed by atoms with Crippen molar-refractivity contribution in [2.75, 3.05) is 0 Å². The Hall–Kier alpha value is -0.660. The number of rotatable bonds is 1. The maximum absolute atomic E-state index is 10.2. The number of nitrogens with two attached hydrogens (primary N) is 1. The largest absolute Gasteiger partial charge is 0.247 e. The Kier molecular flexibility index (Phi) is 3.08. The van der Waals surface area contributed by atoms with Crippen LogP contribution in [0, 0.1) is 11.3 Å². The Labute approximate surface area is 50.4 Å². The molecule has 0 bridgehead atoms. The van der Waals surface area contributed by atoms with E-state index in [1.54, 1.807) is 13.0 Å². The molecule has 0 saturated carbocycles. The second-order valence-electron chi connectivity index (χ2n) is 1.06. The van der Waals surface area contributed by atoms with Gasteiger partial charge in [0.05, 0.1) is 0 Å². The van der Waals surface area contributed by atoms with E-state index in [1.807, 2.05) is 0 Å². The van der Waals surface area contributed by atoms with E-state index in [2.05, 4.69) is 0 Å². The summed E-state index contributed by atoms with van der Waals surface area (Å²) in [6.07, 6.45) is 1.43. The first-order valence-electron chi connectivity index (χ1n) is 1.95. The van der Waals surface area contributed by atoms with Crippen molar-refractivity contribution >= 4 is 11.0 Å². The molecule has 1 atom stereocenters. The second-order valence-corrected chi connectivity index (χ2v) is 2.10. The van der Waals surface area contributed by atoms with Crippen LogP contribution in [0.5, 0.6) is 0 Å². The molecule has 0 radical (unpaired) electrons. The van der Waals surface area contributed by atoms with Gasteiger partial charge in [-0.05, 0) is 6.92 Å². The standard InChI is InChI=1S/C4H6N2OS/c1-2-4(3-5)8(6)7/h2H,6H2,1H3/b4-2+. The first kappa shape index (κ1) is 7.34. The molecule has 4 heteroatoms. The smallest absolute Gasteiger partial charge is 0.132 e. The first-order valence-corrected chi connectivity index (χ1v) is 3.16. The second kappa shape index (κ2) is 3.36. The third-order valence-corrected chi connectivity index (χ3v) is 1.35. The third kappa shape index (κ3) is 1.87. The van der Waals surface area contributed by atoms with Crippen molar-refractivity contribution in [2.45, 2.75) is 6.92 Å². The Balaban J connectivity index is 4.20. The maximum atomic E-state index is 10.2. The molecule has 0 aromatic carbocycles. The molecule has 0 saturated heterocycles. The Morgan fingerprint density at radius 2 is 2.50 bits per heavy atom. The minimum atomic E-state index is -1.60. The lowest BCUT2D eigenvalue weighted by molar-refractivity contribution is 0.688. The third-order valence-electron chi connectivity index (χ3n) is 0.589. The highest BCUT2D eigenvalue weighted by atomic mass is 32.2. The molecule has 0 rings (SSSR count). The molecule has 0 amide bonds. The number of nitrogens with zero attached hydrogens (tertiary/aromatic N) is 1. The molecule has 0 fully saturated rings. The van der Waals surface area contributed by atoms with E-state index >= 15 is 0 Å². The lowest BCUT2D eigenvalue weighted by Crippen LogP contribution is -2.03. The van der Waals surface area contributed by atoms with Crippen molar-refractivity contribution in [1.82, 2.24) is 0 Å². The molecule has 0 heterocycles. The molecule has 1 unspecified atom stereocenters. The van der Waals surface area contributed by atoms with Crippen LogP contribution in [-0.2, 0) is 11.0 Å². The number of hydrogen-bond acceptors (Lipinski definition) is 2. The summed E-state index contributed by atoms with van der Waals surface area (Å²) in [7, 11) is -1.60. The minimum Gasteiger partial charge on any atom is -0.247 e. The van der Waals surface area contributed by atoms with E-state index in [0.29, 0.717) is 0 Å². The van der Waals surface area contributed by atoms with Gasteiger partial charge < -0.3 is 0 Å². The Bertz CT molecular complexity index is 167. The highest BCUT2D eigenvalue weighted by Crippen LogP contribution is 1.91. The van der Waals surface area contributed by atoms with Crippen molar-refractivity contribution in [1.29, 1.82) is 5.26 Å². The predicted molar refractivity (Wildman–Crippen MR) is 31.7 cm³/mol. The Morgan fingerprint density at radius 3 is 2.50 bits per heavy atom.